The summed E-state index contributed by atoms with van der Waals surface area (Å²) in [6, 6.07) is 5.96. The average molecular weight is 892 g/mol. The zero-order valence-corrected chi connectivity index (χ0v) is 37.6. The monoisotopic (exact) mass is 891 g/mol. The van der Waals surface area contributed by atoms with Crippen LogP contribution in [0.1, 0.15) is 118 Å². The van der Waals surface area contributed by atoms with Crippen molar-refractivity contribution in [2.75, 3.05) is 18.5 Å². The van der Waals surface area contributed by atoms with Crippen LogP contribution in [0.3, 0.4) is 0 Å². The SMILES string of the molecule is CC[C@H](C)[C@H](NC(=O)OC(C)(C)C)C(=O)O[C@H]1C[C@H](Nc2ncncc2C(=O)c2cc([C@@H]3OCCc4ccc(Cl)cc43)c(C)s2)C[C@@H]1COS(=O)(=O)NC(=O)OC(C)(C)C. The van der Waals surface area contributed by atoms with Crippen LogP contribution in [-0.4, -0.2) is 84.9 Å². The van der Waals surface area contributed by atoms with E-state index in [-0.39, 0.29) is 35.9 Å². The van der Waals surface area contributed by atoms with E-state index in [0.29, 0.717) is 22.9 Å². The number of aromatic nitrogens is 2. The highest BCUT2D eigenvalue weighted by Crippen LogP contribution is 2.40. The van der Waals surface area contributed by atoms with Gasteiger partial charge in [-0.3, -0.25) is 8.98 Å². The molecule has 1 aliphatic carbocycles. The minimum absolute atomic E-state index is 0.139. The molecule has 5 rings (SSSR count). The minimum atomic E-state index is -4.65. The van der Waals surface area contributed by atoms with Crippen LogP contribution in [0.2, 0.25) is 5.02 Å². The number of nitrogens with one attached hydrogen (secondary N) is 3. The Balaban J connectivity index is 1.37. The number of halogens is 1. The third kappa shape index (κ3) is 12.6. The van der Waals surface area contributed by atoms with Gasteiger partial charge in [0.05, 0.1) is 23.7 Å². The number of aryl methyl sites for hydroxylation is 1. The molecule has 1 aromatic carbocycles. The molecular formula is C41H54ClN5O11S2. The summed E-state index contributed by atoms with van der Waals surface area (Å²) in [4.78, 5) is 62.9. The Morgan fingerprint density at radius 1 is 1.02 bits per heavy atom. The van der Waals surface area contributed by atoms with Gasteiger partial charge in [0.2, 0.25) is 5.78 Å². The van der Waals surface area contributed by atoms with Crippen LogP contribution in [0.15, 0.2) is 36.8 Å². The zero-order valence-electron chi connectivity index (χ0n) is 35.3. The van der Waals surface area contributed by atoms with Gasteiger partial charge in [-0.05, 0) is 102 Å². The van der Waals surface area contributed by atoms with E-state index in [1.807, 2.05) is 38.1 Å². The van der Waals surface area contributed by atoms with Gasteiger partial charge >= 0.3 is 28.5 Å². The second-order valence-electron chi connectivity index (χ2n) is 17.0. The van der Waals surface area contributed by atoms with E-state index in [4.69, 9.17) is 34.7 Å². The predicted octanol–water partition coefficient (Wildman–Crippen LogP) is 7.22. The van der Waals surface area contributed by atoms with E-state index in [1.165, 1.54) is 23.9 Å². The number of ether oxygens (including phenoxy) is 4. The number of fused-ring (bicyclic) bond motifs is 1. The molecule has 2 amide bonds. The first-order valence-corrected chi connectivity index (χ1v) is 22.3. The smallest absolute Gasteiger partial charge is 0.423 e. The number of ketones is 1. The van der Waals surface area contributed by atoms with Gasteiger partial charge in [-0.2, -0.15) is 13.1 Å². The summed E-state index contributed by atoms with van der Waals surface area (Å²) >= 11 is 7.68. The van der Waals surface area contributed by atoms with Crippen molar-refractivity contribution in [3.8, 4) is 0 Å². The molecule has 2 aromatic heterocycles. The first-order chi connectivity index (χ1) is 28.0. The lowest BCUT2D eigenvalue weighted by molar-refractivity contribution is -0.155. The average Bonchev–Trinajstić information content (AvgIpc) is 3.72. The Labute approximate surface area is 360 Å². The largest absolute Gasteiger partial charge is 0.460 e. The fraction of sp³-hybridized carbons (Fsp3) is 0.561. The van der Waals surface area contributed by atoms with Gasteiger partial charge in [-0.15, -0.1) is 11.3 Å². The third-order valence-electron chi connectivity index (χ3n) is 9.89. The lowest BCUT2D eigenvalue weighted by atomic mass is 9.93. The molecule has 1 aliphatic heterocycles. The van der Waals surface area contributed by atoms with Gasteiger partial charge in [0, 0.05) is 34.5 Å². The number of amides is 2. The second-order valence-corrected chi connectivity index (χ2v) is 20.0. The van der Waals surface area contributed by atoms with Gasteiger partial charge in [-0.25, -0.2) is 24.4 Å². The number of thiophene rings is 1. The molecule has 3 N–H and O–H groups in total. The third-order valence-corrected chi connectivity index (χ3v) is 12.1. The summed E-state index contributed by atoms with van der Waals surface area (Å²) in [5.41, 5.74) is 1.34. The van der Waals surface area contributed by atoms with Crippen LogP contribution < -0.4 is 15.4 Å². The Morgan fingerprint density at radius 3 is 2.40 bits per heavy atom. The van der Waals surface area contributed by atoms with E-state index >= 15 is 0 Å². The molecule has 2 aliphatic rings. The summed E-state index contributed by atoms with van der Waals surface area (Å²) in [7, 11) is -4.65. The van der Waals surface area contributed by atoms with Gasteiger partial charge in [0.25, 0.3) is 0 Å². The Morgan fingerprint density at radius 2 is 1.72 bits per heavy atom. The van der Waals surface area contributed by atoms with Crippen molar-refractivity contribution in [2.45, 2.75) is 123 Å². The Bertz CT molecular complexity index is 2170. The lowest BCUT2D eigenvalue weighted by Crippen LogP contribution is -2.48. The molecule has 0 saturated heterocycles. The molecule has 60 heavy (non-hydrogen) atoms. The Hall–Kier alpha value is -4.36. The maximum absolute atomic E-state index is 14.2. The molecule has 0 radical (unpaired) electrons. The van der Waals surface area contributed by atoms with Crippen LogP contribution in [0.5, 0.6) is 0 Å². The van der Waals surface area contributed by atoms with Gasteiger partial charge in [0.15, 0.2) is 0 Å². The first-order valence-electron chi connectivity index (χ1n) is 19.7. The molecule has 1 fully saturated rings. The molecule has 16 nitrogen and oxygen atoms in total. The normalized spacial score (nSPS) is 20.3. The van der Waals surface area contributed by atoms with Crippen LogP contribution in [0, 0.1) is 18.8 Å². The topological polar surface area (TPSA) is 210 Å². The Kier molecular flexibility index (Phi) is 14.9. The first kappa shape index (κ1) is 46.7. The molecule has 3 heterocycles. The highest BCUT2D eigenvalue weighted by atomic mass is 35.5. The maximum Gasteiger partial charge on any atom is 0.423 e. The number of nitrogens with zero attached hydrogens (tertiary/aromatic N) is 2. The quantitative estimate of drug-likeness (QED) is 0.0829. The number of hydrogen-bond donors (Lipinski definition) is 3. The van der Waals surface area contributed by atoms with Crippen molar-refractivity contribution < 1.29 is 50.7 Å². The van der Waals surface area contributed by atoms with Gasteiger partial charge in [-0.1, -0.05) is 37.9 Å². The molecule has 19 heteroatoms. The highest BCUT2D eigenvalue weighted by Gasteiger charge is 2.41. The molecule has 0 bridgehead atoms. The molecule has 0 spiro atoms. The number of alkyl carbamates (subject to hydrolysis) is 1. The molecule has 3 aromatic rings. The lowest BCUT2D eigenvalue weighted by Gasteiger charge is -2.28. The van der Waals surface area contributed by atoms with E-state index in [2.05, 4.69) is 20.6 Å². The fourth-order valence-corrected chi connectivity index (χ4v) is 8.78. The minimum Gasteiger partial charge on any atom is -0.460 e. The van der Waals surface area contributed by atoms with Crippen LogP contribution >= 0.6 is 22.9 Å². The second kappa shape index (κ2) is 19.1. The van der Waals surface area contributed by atoms with Crippen molar-refractivity contribution >= 4 is 63.0 Å². The molecular weight excluding hydrogens is 838 g/mol. The van der Waals surface area contributed by atoms with Crippen LogP contribution in [-0.2, 0) is 44.7 Å². The van der Waals surface area contributed by atoms with Gasteiger partial charge < -0.3 is 29.6 Å². The van der Waals surface area contributed by atoms with Crippen molar-refractivity contribution in [2.24, 2.45) is 11.8 Å². The standard InChI is InChI=1S/C41H54ClN5O11S2/c1-10-22(2)33(46-38(50)57-40(4,5)6)37(49)56-31-17-27(15-25(31)20-55-60(52,53)47-39(51)58-41(7,8)9)45-36-30(19-43-21-44-36)34(48)32-18-28(23(3)59-32)35-29-16-26(42)12-11-24(29)13-14-54-35/h11-12,16,18-19,21-22,25,27,31,33,35H,10,13-15,17,20H2,1-9H3,(H,46,50)(H,47,51)(H,43,44,45)/t22-,25+,27+,31-,33-,35-/m0/s1. The molecule has 6 atom stereocenters. The van der Waals surface area contributed by atoms with E-state index in [9.17, 15) is 27.6 Å². The number of carbonyl (C=O) groups is 4. The van der Waals surface area contributed by atoms with Crippen molar-refractivity contribution in [3.05, 3.63) is 73.8 Å². The number of hydrogen-bond acceptors (Lipinski definition) is 15. The zero-order chi connectivity index (χ0) is 44.2. The number of benzene rings is 1. The molecule has 0 unspecified atom stereocenters. The van der Waals surface area contributed by atoms with Crippen LogP contribution in [0.4, 0.5) is 15.4 Å². The number of rotatable bonds is 14. The van der Waals surface area contributed by atoms with E-state index in [0.717, 1.165) is 28.0 Å². The predicted molar refractivity (Wildman–Crippen MR) is 224 cm³/mol. The number of esters is 1. The molecule has 328 valence electrons. The summed E-state index contributed by atoms with van der Waals surface area (Å²) < 4.78 is 55.3. The maximum atomic E-state index is 14.2. The van der Waals surface area contributed by atoms with E-state index in [1.54, 1.807) is 53.2 Å². The summed E-state index contributed by atoms with van der Waals surface area (Å²) in [5.74, 6) is -1.97. The van der Waals surface area contributed by atoms with E-state index < -0.39 is 76.5 Å². The van der Waals surface area contributed by atoms with Gasteiger partial charge in [0.1, 0.15) is 41.6 Å². The fourth-order valence-electron chi connectivity index (χ4n) is 6.93. The van der Waals surface area contributed by atoms with Crippen molar-refractivity contribution in [1.82, 2.24) is 20.0 Å². The van der Waals surface area contributed by atoms with Crippen molar-refractivity contribution in [3.63, 3.8) is 0 Å². The number of anilines is 1. The summed E-state index contributed by atoms with van der Waals surface area (Å²) in [6.45, 7) is 15.4. The summed E-state index contributed by atoms with van der Waals surface area (Å²) in [5, 5.41) is 6.51. The number of carbonyl (C=O) groups excluding carboxylic acids is 4. The van der Waals surface area contributed by atoms with Crippen LogP contribution in [0.25, 0.3) is 0 Å². The highest BCUT2D eigenvalue weighted by molar-refractivity contribution is 7.85. The van der Waals surface area contributed by atoms with Crippen molar-refractivity contribution in [1.29, 1.82) is 0 Å². The molecule has 1 saturated carbocycles. The summed E-state index contributed by atoms with van der Waals surface area (Å²) in [6.07, 6.45) is 0.943.